The summed E-state index contributed by atoms with van der Waals surface area (Å²) in [6, 6.07) is 17.5. The van der Waals surface area contributed by atoms with E-state index in [-0.39, 0.29) is 17.9 Å². The van der Waals surface area contributed by atoms with Crippen molar-refractivity contribution in [1.82, 2.24) is 5.32 Å². The lowest BCUT2D eigenvalue weighted by Gasteiger charge is -2.28. The molecule has 1 aliphatic rings. The van der Waals surface area contributed by atoms with E-state index in [9.17, 15) is 4.79 Å². The highest BCUT2D eigenvalue weighted by atomic mass is 16.5. The van der Waals surface area contributed by atoms with Crippen LogP contribution < -0.4 is 15.8 Å². The average molecular weight is 296 g/mol. The second-order valence-corrected chi connectivity index (χ2v) is 5.44. The molecule has 1 aliphatic heterocycles. The Labute approximate surface area is 130 Å². The molecule has 1 amide bonds. The van der Waals surface area contributed by atoms with Gasteiger partial charge in [-0.2, -0.15) is 0 Å². The van der Waals surface area contributed by atoms with Gasteiger partial charge in [-0.25, -0.2) is 0 Å². The molecule has 0 saturated carbocycles. The van der Waals surface area contributed by atoms with Crippen LogP contribution in [0.25, 0.3) is 0 Å². The van der Waals surface area contributed by atoms with Crippen molar-refractivity contribution >= 4 is 5.91 Å². The maximum atomic E-state index is 12.6. The zero-order valence-corrected chi connectivity index (χ0v) is 12.4. The number of rotatable bonds is 4. The van der Waals surface area contributed by atoms with Crippen LogP contribution in [0.15, 0.2) is 54.6 Å². The molecular formula is C18H20N2O2. The number of hydrogen-bond donors (Lipinski definition) is 2. The first-order valence-corrected chi connectivity index (χ1v) is 7.56. The monoisotopic (exact) mass is 296 g/mol. The van der Waals surface area contributed by atoms with Gasteiger partial charge in [-0.3, -0.25) is 4.79 Å². The minimum Gasteiger partial charge on any atom is -0.493 e. The second kappa shape index (κ2) is 6.62. The molecule has 2 aromatic carbocycles. The Bertz CT molecular complexity index is 643. The van der Waals surface area contributed by atoms with Crippen molar-refractivity contribution in [1.29, 1.82) is 0 Å². The summed E-state index contributed by atoms with van der Waals surface area (Å²) in [6.07, 6.45) is 0.773. The highest BCUT2D eigenvalue weighted by Gasteiger charge is 2.26. The number of carbonyl (C=O) groups is 1. The van der Waals surface area contributed by atoms with Gasteiger partial charge >= 0.3 is 0 Å². The minimum atomic E-state index is -0.323. The Morgan fingerprint density at radius 1 is 1.18 bits per heavy atom. The van der Waals surface area contributed by atoms with E-state index in [0.717, 1.165) is 23.3 Å². The fourth-order valence-electron chi connectivity index (χ4n) is 2.84. The van der Waals surface area contributed by atoms with Gasteiger partial charge in [-0.1, -0.05) is 48.5 Å². The maximum absolute atomic E-state index is 12.6. The first kappa shape index (κ1) is 14.6. The number of benzene rings is 2. The first-order valence-electron chi connectivity index (χ1n) is 7.56. The van der Waals surface area contributed by atoms with E-state index in [1.807, 2.05) is 54.6 Å². The molecule has 0 saturated heterocycles. The molecule has 2 aromatic rings. The van der Waals surface area contributed by atoms with Crippen molar-refractivity contribution in [2.75, 3.05) is 13.2 Å². The third-order valence-electron chi connectivity index (χ3n) is 4.03. The van der Waals surface area contributed by atoms with E-state index in [4.69, 9.17) is 10.5 Å². The van der Waals surface area contributed by atoms with E-state index in [0.29, 0.717) is 13.2 Å². The second-order valence-electron chi connectivity index (χ2n) is 5.44. The number of fused-ring (bicyclic) bond motifs is 1. The molecule has 0 radical (unpaired) electrons. The Hall–Kier alpha value is -2.33. The Kier molecular flexibility index (Phi) is 4.39. The van der Waals surface area contributed by atoms with Crippen LogP contribution in [0.5, 0.6) is 5.75 Å². The zero-order chi connectivity index (χ0) is 15.4. The molecule has 4 heteroatoms. The number of hydrogen-bond acceptors (Lipinski definition) is 3. The molecule has 1 heterocycles. The van der Waals surface area contributed by atoms with Crippen LogP contribution in [0.2, 0.25) is 0 Å². The lowest BCUT2D eigenvalue weighted by molar-refractivity contribution is -0.123. The summed E-state index contributed by atoms with van der Waals surface area (Å²) in [4.78, 5) is 12.6. The molecule has 0 aliphatic carbocycles. The predicted molar refractivity (Wildman–Crippen MR) is 85.7 cm³/mol. The van der Waals surface area contributed by atoms with Crippen molar-refractivity contribution in [2.45, 2.75) is 18.4 Å². The molecule has 2 atom stereocenters. The number of ether oxygens (including phenoxy) is 1. The summed E-state index contributed by atoms with van der Waals surface area (Å²) in [5, 5.41) is 3.13. The van der Waals surface area contributed by atoms with Crippen molar-refractivity contribution in [3.63, 3.8) is 0 Å². The molecule has 0 aromatic heterocycles. The Morgan fingerprint density at radius 2 is 1.91 bits per heavy atom. The molecule has 0 spiro atoms. The van der Waals surface area contributed by atoms with Crippen molar-refractivity contribution < 1.29 is 9.53 Å². The van der Waals surface area contributed by atoms with E-state index in [1.165, 1.54) is 0 Å². The Balaban J connectivity index is 1.77. The number of para-hydroxylation sites is 1. The van der Waals surface area contributed by atoms with Crippen LogP contribution in [0.1, 0.15) is 29.5 Å². The number of carbonyl (C=O) groups excluding carboxylic acids is 1. The van der Waals surface area contributed by atoms with Gasteiger partial charge in [-0.05, 0) is 11.6 Å². The standard InChI is InChI=1S/C18H20N2O2/c19-12-15(13-6-2-1-3-7-13)18(21)20-16-10-11-22-17-9-5-4-8-14(16)17/h1-9,15-16H,10-12,19H2,(H,20,21). The third kappa shape index (κ3) is 2.97. The molecule has 0 bridgehead atoms. The smallest absolute Gasteiger partial charge is 0.229 e. The van der Waals surface area contributed by atoms with Crippen LogP contribution in [0, 0.1) is 0 Å². The molecule has 22 heavy (non-hydrogen) atoms. The van der Waals surface area contributed by atoms with E-state index < -0.39 is 0 Å². The largest absolute Gasteiger partial charge is 0.493 e. The van der Waals surface area contributed by atoms with Crippen LogP contribution in [0.4, 0.5) is 0 Å². The van der Waals surface area contributed by atoms with Gasteiger partial charge in [-0.15, -0.1) is 0 Å². The van der Waals surface area contributed by atoms with Gasteiger partial charge < -0.3 is 15.8 Å². The molecule has 2 unspecified atom stereocenters. The topological polar surface area (TPSA) is 64.4 Å². The maximum Gasteiger partial charge on any atom is 0.229 e. The van der Waals surface area contributed by atoms with E-state index in [2.05, 4.69) is 5.32 Å². The molecule has 114 valence electrons. The summed E-state index contributed by atoms with van der Waals surface area (Å²) in [5.74, 6) is 0.495. The highest BCUT2D eigenvalue weighted by Crippen LogP contribution is 2.32. The number of amides is 1. The van der Waals surface area contributed by atoms with Gasteiger partial charge in [0.25, 0.3) is 0 Å². The summed E-state index contributed by atoms with van der Waals surface area (Å²) in [7, 11) is 0. The van der Waals surface area contributed by atoms with Gasteiger partial charge in [0.2, 0.25) is 5.91 Å². The fourth-order valence-corrected chi connectivity index (χ4v) is 2.84. The number of nitrogens with two attached hydrogens (primary N) is 1. The van der Waals surface area contributed by atoms with Crippen LogP contribution in [-0.2, 0) is 4.79 Å². The van der Waals surface area contributed by atoms with E-state index >= 15 is 0 Å². The molecule has 3 rings (SSSR count). The lowest BCUT2D eigenvalue weighted by Crippen LogP contribution is -2.37. The summed E-state index contributed by atoms with van der Waals surface area (Å²) in [6.45, 7) is 0.904. The molecule has 0 fully saturated rings. The average Bonchev–Trinajstić information content (AvgIpc) is 2.57. The van der Waals surface area contributed by atoms with Gasteiger partial charge in [0.1, 0.15) is 5.75 Å². The third-order valence-corrected chi connectivity index (χ3v) is 4.03. The minimum absolute atomic E-state index is 0.0183. The summed E-state index contributed by atoms with van der Waals surface area (Å²) in [5.41, 5.74) is 7.80. The lowest BCUT2D eigenvalue weighted by atomic mass is 9.96. The van der Waals surface area contributed by atoms with Crippen molar-refractivity contribution in [3.05, 3.63) is 65.7 Å². The van der Waals surface area contributed by atoms with Gasteiger partial charge in [0.05, 0.1) is 18.6 Å². The zero-order valence-electron chi connectivity index (χ0n) is 12.4. The van der Waals surface area contributed by atoms with Crippen LogP contribution in [-0.4, -0.2) is 19.1 Å². The number of nitrogens with one attached hydrogen (secondary N) is 1. The van der Waals surface area contributed by atoms with Gasteiger partial charge in [0, 0.05) is 18.5 Å². The van der Waals surface area contributed by atoms with Crippen LogP contribution in [0.3, 0.4) is 0 Å². The molecule has 4 nitrogen and oxygen atoms in total. The van der Waals surface area contributed by atoms with Crippen molar-refractivity contribution in [2.24, 2.45) is 5.73 Å². The highest BCUT2D eigenvalue weighted by molar-refractivity contribution is 5.84. The molecular weight excluding hydrogens is 276 g/mol. The quantitative estimate of drug-likeness (QED) is 0.910. The normalized spacial score (nSPS) is 18.0. The summed E-state index contributed by atoms with van der Waals surface area (Å²) < 4.78 is 5.63. The van der Waals surface area contributed by atoms with E-state index in [1.54, 1.807) is 0 Å². The van der Waals surface area contributed by atoms with Crippen LogP contribution >= 0.6 is 0 Å². The van der Waals surface area contributed by atoms with Gasteiger partial charge in [0.15, 0.2) is 0 Å². The predicted octanol–water partition coefficient (Wildman–Crippen LogP) is 2.37. The SMILES string of the molecule is NCC(C(=O)NC1CCOc2ccccc21)c1ccccc1. The Morgan fingerprint density at radius 3 is 2.68 bits per heavy atom. The first-order chi connectivity index (χ1) is 10.8. The fraction of sp³-hybridized carbons (Fsp3) is 0.278. The summed E-state index contributed by atoms with van der Waals surface area (Å²) >= 11 is 0. The molecule has 3 N–H and O–H groups in total. The van der Waals surface area contributed by atoms with Crippen molar-refractivity contribution in [3.8, 4) is 5.75 Å².